The standard InChI is InChI=1S/C28H30N4O3/c1-17(22-10-12-24-25(16-22)35-15-14-34-24)29-26(33)13-11-23-18(2)30-28-27(21-8-6-5-7-9-21)19(3)31-32(28)20(23)4/h5-10,12,16-17H,11,13-15H2,1-4H3,(H,29,33)/t17-/m1/s1. The zero-order valence-corrected chi connectivity index (χ0v) is 20.6. The first-order valence-electron chi connectivity index (χ1n) is 12.0. The molecule has 7 nitrogen and oxygen atoms in total. The van der Waals surface area contributed by atoms with E-state index in [4.69, 9.17) is 19.6 Å². The lowest BCUT2D eigenvalue weighted by Crippen LogP contribution is -2.27. The van der Waals surface area contributed by atoms with Crippen LogP contribution in [0.5, 0.6) is 11.5 Å². The Kier molecular flexibility index (Phi) is 6.16. The van der Waals surface area contributed by atoms with Crippen LogP contribution in [0.1, 0.15) is 47.6 Å². The van der Waals surface area contributed by atoms with E-state index in [0.29, 0.717) is 26.1 Å². The largest absolute Gasteiger partial charge is 0.486 e. The molecule has 35 heavy (non-hydrogen) atoms. The Morgan fingerprint density at radius 3 is 2.54 bits per heavy atom. The SMILES string of the molecule is Cc1nc2c(-c3ccccc3)c(C)nn2c(C)c1CCC(=O)N[C@H](C)c1ccc2c(c1)OCCO2. The maximum atomic E-state index is 12.8. The molecule has 0 unspecified atom stereocenters. The molecule has 7 heteroatoms. The number of carbonyl (C=O) groups is 1. The summed E-state index contributed by atoms with van der Waals surface area (Å²) >= 11 is 0. The van der Waals surface area contributed by atoms with Gasteiger partial charge in [0.25, 0.3) is 0 Å². The third-order valence-electron chi connectivity index (χ3n) is 6.61. The summed E-state index contributed by atoms with van der Waals surface area (Å²) in [5.41, 5.74) is 7.94. The molecule has 0 radical (unpaired) electrons. The molecule has 0 saturated heterocycles. The van der Waals surface area contributed by atoms with E-state index in [0.717, 1.165) is 56.5 Å². The van der Waals surface area contributed by atoms with Crippen molar-refractivity contribution in [3.63, 3.8) is 0 Å². The van der Waals surface area contributed by atoms with Gasteiger partial charge in [-0.3, -0.25) is 4.79 Å². The monoisotopic (exact) mass is 470 g/mol. The number of nitrogens with one attached hydrogen (secondary N) is 1. The Morgan fingerprint density at radius 1 is 1.03 bits per heavy atom. The number of aryl methyl sites for hydroxylation is 3. The van der Waals surface area contributed by atoms with Crippen molar-refractivity contribution >= 4 is 11.6 Å². The van der Waals surface area contributed by atoms with E-state index >= 15 is 0 Å². The van der Waals surface area contributed by atoms with E-state index in [1.165, 1.54) is 0 Å². The number of amides is 1. The Labute approximate surface area is 205 Å². The molecule has 1 aliphatic rings. The Morgan fingerprint density at radius 2 is 1.77 bits per heavy atom. The smallest absolute Gasteiger partial charge is 0.220 e. The van der Waals surface area contributed by atoms with Crippen LogP contribution in [0, 0.1) is 20.8 Å². The zero-order valence-electron chi connectivity index (χ0n) is 20.6. The third-order valence-corrected chi connectivity index (χ3v) is 6.61. The van der Waals surface area contributed by atoms with E-state index in [-0.39, 0.29) is 11.9 Å². The quantitative estimate of drug-likeness (QED) is 0.434. The molecule has 0 fully saturated rings. The number of ether oxygens (including phenoxy) is 2. The van der Waals surface area contributed by atoms with Gasteiger partial charge in [-0.15, -0.1) is 0 Å². The number of rotatable bonds is 6. The van der Waals surface area contributed by atoms with Gasteiger partial charge in [-0.05, 0) is 62.9 Å². The number of hydrogen-bond donors (Lipinski definition) is 1. The van der Waals surface area contributed by atoms with Gasteiger partial charge in [0.05, 0.1) is 11.7 Å². The molecule has 1 aliphatic heterocycles. The fourth-order valence-electron chi connectivity index (χ4n) is 4.74. The van der Waals surface area contributed by atoms with Gasteiger partial charge in [0.1, 0.15) is 13.2 Å². The molecule has 0 saturated carbocycles. The highest BCUT2D eigenvalue weighted by Crippen LogP contribution is 2.33. The van der Waals surface area contributed by atoms with Crippen LogP contribution in [-0.2, 0) is 11.2 Å². The molecule has 5 rings (SSSR count). The minimum absolute atomic E-state index is 0.00657. The van der Waals surface area contributed by atoms with Crippen molar-refractivity contribution in [1.29, 1.82) is 0 Å². The van der Waals surface area contributed by atoms with Crippen molar-refractivity contribution < 1.29 is 14.3 Å². The predicted octanol–water partition coefficient (Wildman–Crippen LogP) is 4.90. The number of fused-ring (bicyclic) bond motifs is 2. The highest BCUT2D eigenvalue weighted by Gasteiger charge is 2.19. The van der Waals surface area contributed by atoms with Gasteiger partial charge >= 0.3 is 0 Å². The summed E-state index contributed by atoms with van der Waals surface area (Å²) < 4.78 is 13.2. The topological polar surface area (TPSA) is 77.8 Å². The van der Waals surface area contributed by atoms with Crippen LogP contribution in [0.2, 0.25) is 0 Å². The highest BCUT2D eigenvalue weighted by atomic mass is 16.6. The summed E-state index contributed by atoms with van der Waals surface area (Å²) in [6, 6.07) is 15.9. The Balaban J connectivity index is 1.31. The lowest BCUT2D eigenvalue weighted by Gasteiger charge is -2.21. The summed E-state index contributed by atoms with van der Waals surface area (Å²) in [5.74, 6) is 1.47. The van der Waals surface area contributed by atoms with Crippen LogP contribution in [0.25, 0.3) is 16.8 Å². The first kappa shape index (κ1) is 22.9. The zero-order chi connectivity index (χ0) is 24.5. The van der Waals surface area contributed by atoms with Crippen molar-refractivity contribution in [2.24, 2.45) is 0 Å². The number of carbonyl (C=O) groups excluding carboxylic acids is 1. The van der Waals surface area contributed by atoms with Gasteiger partial charge in [0, 0.05) is 23.4 Å². The van der Waals surface area contributed by atoms with E-state index in [2.05, 4.69) is 17.4 Å². The highest BCUT2D eigenvalue weighted by molar-refractivity contribution is 5.80. The molecular formula is C28H30N4O3. The summed E-state index contributed by atoms with van der Waals surface area (Å²) in [4.78, 5) is 17.7. The predicted molar refractivity (Wildman–Crippen MR) is 135 cm³/mol. The van der Waals surface area contributed by atoms with E-state index in [1.807, 2.05) is 68.6 Å². The van der Waals surface area contributed by atoms with Crippen LogP contribution in [-0.4, -0.2) is 33.7 Å². The summed E-state index contributed by atoms with van der Waals surface area (Å²) in [7, 11) is 0. The summed E-state index contributed by atoms with van der Waals surface area (Å²) in [5, 5.41) is 7.88. The first-order chi connectivity index (χ1) is 16.9. The number of hydrogen-bond acceptors (Lipinski definition) is 5. The van der Waals surface area contributed by atoms with Crippen molar-refractivity contribution in [3.05, 3.63) is 76.7 Å². The minimum atomic E-state index is -0.136. The van der Waals surface area contributed by atoms with Crippen molar-refractivity contribution in [1.82, 2.24) is 19.9 Å². The molecule has 2 aromatic heterocycles. The van der Waals surface area contributed by atoms with Crippen LogP contribution in [0.15, 0.2) is 48.5 Å². The lowest BCUT2D eigenvalue weighted by atomic mass is 10.0. The van der Waals surface area contributed by atoms with E-state index < -0.39 is 0 Å². The molecule has 1 N–H and O–H groups in total. The van der Waals surface area contributed by atoms with Gasteiger partial charge in [-0.2, -0.15) is 5.10 Å². The Hall–Kier alpha value is -3.87. The minimum Gasteiger partial charge on any atom is -0.486 e. The summed E-state index contributed by atoms with van der Waals surface area (Å²) in [6.45, 7) is 9.15. The van der Waals surface area contributed by atoms with Crippen molar-refractivity contribution in [2.75, 3.05) is 13.2 Å². The van der Waals surface area contributed by atoms with Gasteiger partial charge < -0.3 is 14.8 Å². The molecule has 1 amide bonds. The molecular weight excluding hydrogens is 440 g/mol. The van der Waals surface area contributed by atoms with Crippen LogP contribution >= 0.6 is 0 Å². The Bertz CT molecular complexity index is 1390. The van der Waals surface area contributed by atoms with E-state index in [9.17, 15) is 4.79 Å². The third kappa shape index (κ3) is 4.46. The first-order valence-corrected chi connectivity index (χ1v) is 12.0. The molecule has 4 aromatic rings. The molecule has 3 heterocycles. The van der Waals surface area contributed by atoms with Crippen molar-refractivity contribution in [3.8, 4) is 22.6 Å². The fraction of sp³-hybridized carbons (Fsp3) is 0.321. The van der Waals surface area contributed by atoms with Crippen molar-refractivity contribution in [2.45, 2.75) is 46.6 Å². The van der Waals surface area contributed by atoms with Crippen LogP contribution in [0.4, 0.5) is 0 Å². The number of aromatic nitrogens is 3. The molecule has 0 bridgehead atoms. The molecule has 0 aliphatic carbocycles. The maximum Gasteiger partial charge on any atom is 0.220 e. The van der Waals surface area contributed by atoms with Gasteiger partial charge in [0.15, 0.2) is 17.1 Å². The van der Waals surface area contributed by atoms with E-state index in [1.54, 1.807) is 0 Å². The molecule has 1 atom stereocenters. The molecule has 2 aromatic carbocycles. The molecule has 180 valence electrons. The number of benzene rings is 2. The van der Waals surface area contributed by atoms with Crippen LogP contribution < -0.4 is 14.8 Å². The second-order valence-corrected chi connectivity index (χ2v) is 9.02. The van der Waals surface area contributed by atoms with Gasteiger partial charge in [-0.25, -0.2) is 9.50 Å². The second-order valence-electron chi connectivity index (χ2n) is 9.02. The normalized spacial score (nSPS) is 13.6. The average molecular weight is 471 g/mol. The maximum absolute atomic E-state index is 12.8. The lowest BCUT2D eigenvalue weighted by molar-refractivity contribution is -0.121. The van der Waals surface area contributed by atoms with Gasteiger partial charge in [0.2, 0.25) is 5.91 Å². The molecule has 0 spiro atoms. The second kappa shape index (κ2) is 9.41. The summed E-state index contributed by atoms with van der Waals surface area (Å²) in [6.07, 6.45) is 0.968. The number of nitrogens with zero attached hydrogens (tertiary/aromatic N) is 3. The average Bonchev–Trinajstić information content (AvgIpc) is 3.19. The van der Waals surface area contributed by atoms with Gasteiger partial charge in [-0.1, -0.05) is 36.4 Å². The fourth-order valence-corrected chi connectivity index (χ4v) is 4.74. The van der Waals surface area contributed by atoms with Crippen LogP contribution in [0.3, 0.4) is 0 Å².